The molecule has 4 saturated heterocycles. The zero-order valence-corrected chi connectivity index (χ0v) is 37.6. The van der Waals surface area contributed by atoms with Gasteiger partial charge in [0, 0.05) is 24.9 Å². The molecule has 4 aliphatic heterocycles. The zero-order valence-electron chi connectivity index (χ0n) is 37.6. The molecule has 7 unspecified atom stereocenters. The molecule has 18 heteroatoms. The first-order chi connectivity index (χ1) is 30.4. The standard InChI is InChI=1S/C46H76O18/c1-19-7-10-46(58-18-19)20(2)32-28(64-46)13-25-23-6-5-22-12-27(26(50)14-45(22,4)24(23)8-9-44(25,32)3)59-29-11-21(15-47)40(37(55)33(29)51)62-43-41(38(56)35(53)31(17-49)61-43)63-42-39(57)36(54)34(52)30(16-48)60-42/h19-43,47-57H,5-18H2,1-4H3/t19?,20?,21-,22+,23?,24?,25?,26-,27-,28?,29-,30-,31-,32?,33+,34-,35-,36+,37-,38+,39-,40+,41-,42+,43+,44+,45+,46-/m1/s1. The number of rotatable bonds is 9. The van der Waals surface area contributed by atoms with E-state index in [0.717, 1.165) is 51.6 Å². The Hall–Kier alpha value is -0.720. The lowest BCUT2D eigenvalue weighted by Crippen LogP contribution is -2.66. The number of fused-ring (bicyclic) bond motifs is 7. The van der Waals surface area contributed by atoms with Crippen molar-refractivity contribution < 1.29 is 89.3 Å². The summed E-state index contributed by atoms with van der Waals surface area (Å²) >= 11 is 0. The van der Waals surface area contributed by atoms with Gasteiger partial charge in [-0.1, -0.05) is 27.7 Å². The largest absolute Gasteiger partial charge is 0.396 e. The molecule has 9 fully saturated rings. The fourth-order valence-electron chi connectivity index (χ4n) is 15.2. The van der Waals surface area contributed by atoms with Crippen LogP contribution < -0.4 is 0 Å². The maximum atomic E-state index is 11.9. The number of aliphatic hydroxyl groups is 11. The molecule has 0 amide bonds. The third kappa shape index (κ3) is 7.86. The summed E-state index contributed by atoms with van der Waals surface area (Å²) in [5.41, 5.74) is 0.0720. The van der Waals surface area contributed by atoms with Gasteiger partial charge < -0.3 is 89.3 Å². The van der Waals surface area contributed by atoms with Gasteiger partial charge in [0.25, 0.3) is 0 Å². The third-order valence-electron chi connectivity index (χ3n) is 18.8. The Bertz CT molecular complexity index is 1600. The maximum Gasteiger partial charge on any atom is 0.187 e. The van der Waals surface area contributed by atoms with E-state index in [-0.39, 0.29) is 29.3 Å². The van der Waals surface area contributed by atoms with Crippen LogP contribution in [0.3, 0.4) is 0 Å². The molecule has 5 saturated carbocycles. The highest BCUT2D eigenvalue weighted by Crippen LogP contribution is 2.71. The minimum Gasteiger partial charge on any atom is -0.396 e. The second kappa shape index (κ2) is 18.2. The first-order valence-electron chi connectivity index (χ1n) is 24.3. The van der Waals surface area contributed by atoms with Gasteiger partial charge in [0.1, 0.15) is 61.0 Å². The fraction of sp³-hybridized carbons (Fsp3) is 1.00. The summed E-state index contributed by atoms with van der Waals surface area (Å²) in [6.45, 7) is 8.19. The van der Waals surface area contributed by atoms with Crippen molar-refractivity contribution in [2.45, 2.75) is 202 Å². The fourth-order valence-corrected chi connectivity index (χ4v) is 15.2. The third-order valence-corrected chi connectivity index (χ3v) is 18.8. The highest BCUT2D eigenvalue weighted by molar-refractivity contribution is 5.16. The Labute approximate surface area is 375 Å². The van der Waals surface area contributed by atoms with Crippen molar-refractivity contribution in [2.75, 3.05) is 26.4 Å². The minimum absolute atomic E-state index is 0.00322. The maximum absolute atomic E-state index is 11.9. The summed E-state index contributed by atoms with van der Waals surface area (Å²) in [5, 5.41) is 118. The van der Waals surface area contributed by atoms with Crippen LogP contribution in [0.5, 0.6) is 0 Å². The summed E-state index contributed by atoms with van der Waals surface area (Å²) in [7, 11) is 0. The van der Waals surface area contributed by atoms with E-state index in [9.17, 15) is 56.2 Å². The van der Waals surface area contributed by atoms with Crippen molar-refractivity contribution in [1.29, 1.82) is 0 Å². The zero-order chi connectivity index (χ0) is 45.8. The predicted molar refractivity (Wildman–Crippen MR) is 220 cm³/mol. The monoisotopic (exact) mass is 917 g/mol. The molecule has 0 aromatic heterocycles. The molecule has 0 aromatic carbocycles. The highest BCUT2D eigenvalue weighted by Gasteiger charge is 2.69. The Balaban J connectivity index is 0.848. The molecule has 28 atom stereocenters. The summed E-state index contributed by atoms with van der Waals surface area (Å²) in [6.07, 6.45) is -15.2. The number of hydrogen-bond donors (Lipinski definition) is 11. The van der Waals surface area contributed by atoms with Crippen LogP contribution in [0.25, 0.3) is 0 Å². The summed E-state index contributed by atoms with van der Waals surface area (Å²) < 4.78 is 43.2. The van der Waals surface area contributed by atoms with E-state index in [1.807, 2.05) is 0 Å². The first kappa shape index (κ1) is 48.3. The van der Waals surface area contributed by atoms with Gasteiger partial charge in [-0.3, -0.25) is 0 Å². The second-order valence-electron chi connectivity index (χ2n) is 22.2. The van der Waals surface area contributed by atoms with Crippen molar-refractivity contribution in [1.82, 2.24) is 0 Å². The van der Waals surface area contributed by atoms with E-state index >= 15 is 0 Å². The van der Waals surface area contributed by atoms with E-state index in [0.29, 0.717) is 48.3 Å². The summed E-state index contributed by atoms with van der Waals surface area (Å²) in [5.74, 6) is 1.86. The molecule has 9 aliphatic rings. The van der Waals surface area contributed by atoms with Gasteiger partial charge in [-0.05, 0) is 104 Å². The van der Waals surface area contributed by atoms with Crippen LogP contribution in [-0.2, 0) is 33.2 Å². The van der Waals surface area contributed by atoms with Gasteiger partial charge in [0.2, 0.25) is 0 Å². The Morgan fingerprint density at radius 1 is 0.594 bits per heavy atom. The highest BCUT2D eigenvalue weighted by atomic mass is 16.8. The topological polar surface area (TPSA) is 287 Å². The van der Waals surface area contributed by atoms with E-state index in [1.54, 1.807) is 0 Å². The van der Waals surface area contributed by atoms with Crippen molar-refractivity contribution in [3.8, 4) is 0 Å². The average Bonchev–Trinajstić information content (AvgIpc) is 3.72. The van der Waals surface area contributed by atoms with Gasteiger partial charge in [-0.25, -0.2) is 0 Å². The second-order valence-corrected chi connectivity index (χ2v) is 22.2. The lowest BCUT2D eigenvalue weighted by molar-refractivity contribution is -0.379. The predicted octanol–water partition coefficient (Wildman–Crippen LogP) is -1.10. The molecular formula is C46H76O18. The lowest BCUT2D eigenvalue weighted by atomic mass is 9.44. The van der Waals surface area contributed by atoms with E-state index in [4.69, 9.17) is 33.2 Å². The van der Waals surface area contributed by atoms with Crippen LogP contribution in [0, 0.1) is 58.2 Å². The van der Waals surface area contributed by atoms with E-state index < -0.39 is 130 Å². The first-order valence-corrected chi connectivity index (χ1v) is 24.3. The van der Waals surface area contributed by atoms with Crippen molar-refractivity contribution in [3.63, 3.8) is 0 Å². The van der Waals surface area contributed by atoms with Crippen LogP contribution in [-0.4, -0.2) is 193 Å². The molecule has 5 aliphatic carbocycles. The number of ether oxygens (including phenoxy) is 7. The van der Waals surface area contributed by atoms with Crippen LogP contribution in [0.2, 0.25) is 0 Å². The molecule has 11 N–H and O–H groups in total. The molecule has 18 nitrogen and oxygen atoms in total. The summed E-state index contributed by atoms with van der Waals surface area (Å²) in [6, 6.07) is 0. The SMILES string of the molecule is CC1CC[C@@]2(OC1)OC1CC3C4CC[C@H]5C[C@@H](O[C@@H]6C[C@H](CO)[C@H](O[C@@H]7O[C@H](CO)[C@@H](O)[C@H](O)[C@H]7O[C@@H]7O[C@H](CO)[C@@H](O)[C@H](O)[C@H]7O)[C@H](O)[C@H]6O)[C@H](O)C[C@]5(C)C4CC[C@]3(C)C1C2C. The lowest BCUT2D eigenvalue weighted by Gasteiger charge is -2.62. The number of aliphatic hydroxyl groups excluding tert-OH is 11. The smallest absolute Gasteiger partial charge is 0.187 e. The van der Waals surface area contributed by atoms with Gasteiger partial charge in [0.15, 0.2) is 18.4 Å². The molecule has 4 heterocycles. The van der Waals surface area contributed by atoms with Crippen LogP contribution in [0.4, 0.5) is 0 Å². The van der Waals surface area contributed by atoms with Crippen LogP contribution in [0.1, 0.15) is 91.9 Å². The normalized spacial score (nSPS) is 58.6. The Kier molecular flexibility index (Phi) is 13.8. The van der Waals surface area contributed by atoms with Crippen LogP contribution >= 0.6 is 0 Å². The minimum atomic E-state index is -1.88. The molecule has 0 bridgehead atoms. The quantitative estimate of drug-likeness (QED) is 0.131. The van der Waals surface area contributed by atoms with Crippen molar-refractivity contribution in [2.24, 2.45) is 58.2 Å². The Morgan fingerprint density at radius 3 is 1.94 bits per heavy atom. The summed E-state index contributed by atoms with van der Waals surface area (Å²) in [4.78, 5) is 0. The van der Waals surface area contributed by atoms with Gasteiger partial charge >= 0.3 is 0 Å². The van der Waals surface area contributed by atoms with E-state index in [2.05, 4.69) is 27.7 Å². The number of hydrogen-bond acceptors (Lipinski definition) is 18. The molecule has 0 aromatic rings. The van der Waals surface area contributed by atoms with Gasteiger partial charge in [-0.2, -0.15) is 0 Å². The molecule has 0 radical (unpaired) electrons. The van der Waals surface area contributed by atoms with Gasteiger partial charge in [0.05, 0.1) is 50.3 Å². The van der Waals surface area contributed by atoms with Crippen molar-refractivity contribution >= 4 is 0 Å². The molecule has 1 spiro atoms. The molecule has 64 heavy (non-hydrogen) atoms. The molecule has 9 rings (SSSR count). The van der Waals surface area contributed by atoms with Crippen molar-refractivity contribution in [3.05, 3.63) is 0 Å². The Morgan fingerprint density at radius 2 is 1.27 bits per heavy atom. The van der Waals surface area contributed by atoms with Crippen LogP contribution in [0.15, 0.2) is 0 Å². The van der Waals surface area contributed by atoms with E-state index in [1.165, 1.54) is 0 Å². The average molecular weight is 917 g/mol. The molecule has 368 valence electrons. The van der Waals surface area contributed by atoms with Gasteiger partial charge in [-0.15, -0.1) is 0 Å². The molecular weight excluding hydrogens is 840 g/mol.